The minimum atomic E-state index is -0.286. The first kappa shape index (κ1) is 13.3. The molecule has 0 fully saturated rings. The predicted octanol–water partition coefficient (Wildman–Crippen LogP) is 3.33. The quantitative estimate of drug-likeness (QED) is 0.749. The molecule has 1 aliphatic rings. The van der Waals surface area contributed by atoms with Crippen molar-refractivity contribution >= 4 is 28.7 Å². The smallest absolute Gasteiger partial charge is 0.329 e. The van der Waals surface area contributed by atoms with Gasteiger partial charge in [-0.3, -0.25) is 0 Å². The molecule has 22 heavy (non-hydrogen) atoms. The fourth-order valence-corrected chi connectivity index (χ4v) is 3.13. The lowest BCUT2D eigenvalue weighted by Gasteiger charge is -2.13. The van der Waals surface area contributed by atoms with Crippen LogP contribution in [0.3, 0.4) is 0 Å². The van der Waals surface area contributed by atoms with Gasteiger partial charge in [0.25, 0.3) is 0 Å². The summed E-state index contributed by atoms with van der Waals surface area (Å²) in [6.07, 6.45) is 1.88. The third-order valence-electron chi connectivity index (χ3n) is 4.03. The highest BCUT2D eigenvalue weighted by Gasteiger charge is 2.24. The number of halogens is 1. The Kier molecular flexibility index (Phi) is 3.08. The summed E-state index contributed by atoms with van der Waals surface area (Å²) in [6, 6.07) is 13.1. The van der Waals surface area contributed by atoms with Crippen molar-refractivity contribution in [3.8, 4) is 0 Å². The van der Waals surface area contributed by atoms with Crippen LogP contribution in [0.5, 0.6) is 0 Å². The summed E-state index contributed by atoms with van der Waals surface area (Å²) in [7, 11) is 0. The van der Waals surface area contributed by atoms with Crippen molar-refractivity contribution < 1.29 is 4.79 Å². The highest BCUT2D eigenvalue weighted by atomic mass is 35.5. The number of carbonyl (C=O) groups is 1. The zero-order valence-corrected chi connectivity index (χ0v) is 12.4. The van der Waals surface area contributed by atoms with E-state index >= 15 is 0 Å². The maximum atomic E-state index is 12.5. The first-order valence-corrected chi connectivity index (χ1v) is 7.50. The molecule has 6 heteroatoms. The zero-order chi connectivity index (χ0) is 15.1. The first-order chi connectivity index (χ1) is 10.7. The van der Waals surface area contributed by atoms with Gasteiger partial charge in [-0.2, -0.15) is 4.68 Å². The summed E-state index contributed by atoms with van der Waals surface area (Å²) in [5.74, 6) is 0. The molecule has 4 rings (SSSR count). The number of nitrogens with one attached hydrogen (secondary N) is 1. The molecule has 1 amide bonds. The lowest BCUT2D eigenvalue weighted by molar-refractivity contribution is 0.236. The Balaban J connectivity index is 1.64. The third kappa shape index (κ3) is 2.14. The van der Waals surface area contributed by atoms with E-state index in [1.54, 1.807) is 18.2 Å². The van der Waals surface area contributed by atoms with Crippen LogP contribution in [0.1, 0.15) is 23.6 Å². The van der Waals surface area contributed by atoms with Gasteiger partial charge in [-0.25, -0.2) is 4.79 Å². The van der Waals surface area contributed by atoms with Crippen LogP contribution in [0, 0.1) is 0 Å². The topological polar surface area (TPSA) is 59.8 Å². The third-order valence-corrected chi connectivity index (χ3v) is 4.27. The molecule has 0 saturated carbocycles. The van der Waals surface area contributed by atoms with Crippen LogP contribution in [-0.4, -0.2) is 21.0 Å². The van der Waals surface area contributed by atoms with E-state index in [0.29, 0.717) is 16.1 Å². The number of fused-ring (bicyclic) bond motifs is 2. The number of rotatable bonds is 1. The van der Waals surface area contributed by atoms with E-state index in [2.05, 4.69) is 27.8 Å². The van der Waals surface area contributed by atoms with Gasteiger partial charge >= 0.3 is 6.03 Å². The summed E-state index contributed by atoms with van der Waals surface area (Å²) in [5, 5.41) is 11.5. The molecule has 0 bridgehead atoms. The Morgan fingerprint density at radius 3 is 3.05 bits per heavy atom. The molecule has 0 saturated heterocycles. The van der Waals surface area contributed by atoms with E-state index in [4.69, 9.17) is 11.6 Å². The molecule has 1 aromatic heterocycles. The number of hydrogen-bond donors (Lipinski definition) is 1. The minimum absolute atomic E-state index is 0.0159. The van der Waals surface area contributed by atoms with Gasteiger partial charge in [0.1, 0.15) is 11.0 Å². The maximum Gasteiger partial charge on any atom is 0.344 e. The summed E-state index contributed by atoms with van der Waals surface area (Å²) >= 11 is 5.99. The molecule has 0 aliphatic heterocycles. The molecule has 1 heterocycles. The number of nitrogens with zero attached hydrogens (tertiary/aromatic N) is 3. The van der Waals surface area contributed by atoms with E-state index in [1.807, 2.05) is 12.1 Å². The molecule has 110 valence electrons. The van der Waals surface area contributed by atoms with Crippen LogP contribution in [0.25, 0.3) is 11.0 Å². The van der Waals surface area contributed by atoms with E-state index in [1.165, 1.54) is 15.8 Å². The summed E-state index contributed by atoms with van der Waals surface area (Å²) < 4.78 is 1.27. The van der Waals surface area contributed by atoms with Crippen molar-refractivity contribution in [3.63, 3.8) is 0 Å². The van der Waals surface area contributed by atoms with Crippen molar-refractivity contribution in [2.24, 2.45) is 0 Å². The number of hydrogen-bond acceptors (Lipinski definition) is 3. The molecule has 2 aromatic carbocycles. The molecule has 1 aliphatic carbocycles. The van der Waals surface area contributed by atoms with Crippen molar-refractivity contribution in [2.75, 3.05) is 0 Å². The standard InChI is InChI=1S/C16H13ClN4O/c17-11-6-8-14-15(9-11)21(20-19-14)16(22)18-13-7-5-10-3-1-2-4-12(10)13/h1-4,6,8-9,13H,5,7H2,(H,18,22)/t13-/m0/s1. The SMILES string of the molecule is O=C(N[C@H]1CCc2ccccc21)n1nnc2ccc(Cl)cc21. The second kappa shape index (κ2) is 5.10. The predicted molar refractivity (Wildman–Crippen MR) is 84.0 cm³/mol. The van der Waals surface area contributed by atoms with E-state index in [9.17, 15) is 4.79 Å². The van der Waals surface area contributed by atoms with Crippen LogP contribution in [-0.2, 0) is 6.42 Å². The molecule has 1 N–H and O–H groups in total. The Labute approximate surface area is 131 Å². The fraction of sp³-hybridized carbons (Fsp3) is 0.188. The molecule has 0 unspecified atom stereocenters. The normalized spacial score (nSPS) is 16.7. The molecule has 3 aromatic rings. The molecule has 0 spiro atoms. The number of aromatic nitrogens is 3. The average molecular weight is 313 g/mol. The highest BCUT2D eigenvalue weighted by Crippen LogP contribution is 2.30. The van der Waals surface area contributed by atoms with Crippen LogP contribution in [0.4, 0.5) is 4.79 Å². The highest BCUT2D eigenvalue weighted by molar-refractivity contribution is 6.31. The van der Waals surface area contributed by atoms with E-state index in [0.717, 1.165) is 12.8 Å². The lowest BCUT2D eigenvalue weighted by Crippen LogP contribution is -2.32. The van der Waals surface area contributed by atoms with Crippen LogP contribution in [0.15, 0.2) is 42.5 Å². The maximum absolute atomic E-state index is 12.5. The van der Waals surface area contributed by atoms with Crippen LogP contribution < -0.4 is 5.32 Å². The van der Waals surface area contributed by atoms with Gasteiger partial charge in [0.05, 0.1) is 6.04 Å². The van der Waals surface area contributed by atoms with E-state index < -0.39 is 0 Å². The van der Waals surface area contributed by atoms with Crippen molar-refractivity contribution in [3.05, 3.63) is 58.6 Å². The fourth-order valence-electron chi connectivity index (χ4n) is 2.96. The number of benzene rings is 2. The lowest BCUT2D eigenvalue weighted by atomic mass is 10.1. The first-order valence-electron chi connectivity index (χ1n) is 7.12. The average Bonchev–Trinajstić information content (AvgIpc) is 3.11. The van der Waals surface area contributed by atoms with Gasteiger partial charge < -0.3 is 5.32 Å². The van der Waals surface area contributed by atoms with Gasteiger partial charge in [-0.1, -0.05) is 41.1 Å². The van der Waals surface area contributed by atoms with Gasteiger partial charge in [-0.15, -0.1) is 5.10 Å². The Hall–Kier alpha value is -2.40. The largest absolute Gasteiger partial charge is 0.344 e. The van der Waals surface area contributed by atoms with Gasteiger partial charge in [-0.05, 0) is 42.2 Å². The monoisotopic (exact) mass is 312 g/mol. The zero-order valence-electron chi connectivity index (χ0n) is 11.7. The van der Waals surface area contributed by atoms with Crippen molar-refractivity contribution in [1.29, 1.82) is 0 Å². The number of carbonyl (C=O) groups excluding carboxylic acids is 1. The molecule has 1 atom stereocenters. The van der Waals surface area contributed by atoms with Gasteiger partial charge in [0, 0.05) is 5.02 Å². The molecular weight excluding hydrogens is 300 g/mol. The number of aryl methyl sites for hydroxylation is 1. The Bertz CT molecular complexity index is 873. The van der Waals surface area contributed by atoms with Crippen LogP contribution >= 0.6 is 11.6 Å². The van der Waals surface area contributed by atoms with Gasteiger partial charge in [0.15, 0.2) is 0 Å². The second-order valence-corrected chi connectivity index (χ2v) is 5.81. The Morgan fingerprint density at radius 1 is 1.27 bits per heavy atom. The Morgan fingerprint density at radius 2 is 2.14 bits per heavy atom. The van der Waals surface area contributed by atoms with Crippen molar-refractivity contribution in [1.82, 2.24) is 20.3 Å². The summed E-state index contributed by atoms with van der Waals surface area (Å²) in [6.45, 7) is 0. The molecular formula is C16H13ClN4O. The van der Waals surface area contributed by atoms with Gasteiger partial charge in [0.2, 0.25) is 0 Å². The van der Waals surface area contributed by atoms with E-state index in [-0.39, 0.29) is 12.1 Å². The molecule has 5 nitrogen and oxygen atoms in total. The van der Waals surface area contributed by atoms with Crippen LogP contribution in [0.2, 0.25) is 5.02 Å². The molecule has 0 radical (unpaired) electrons. The number of amides is 1. The summed E-state index contributed by atoms with van der Waals surface area (Å²) in [5.41, 5.74) is 3.72. The van der Waals surface area contributed by atoms with Crippen molar-refractivity contribution in [2.45, 2.75) is 18.9 Å². The summed E-state index contributed by atoms with van der Waals surface area (Å²) in [4.78, 5) is 12.5. The second-order valence-electron chi connectivity index (χ2n) is 5.37. The minimum Gasteiger partial charge on any atom is -0.329 e.